The van der Waals surface area contributed by atoms with Crippen LogP contribution in [0.2, 0.25) is 0 Å². The van der Waals surface area contributed by atoms with Crippen molar-refractivity contribution in [1.82, 2.24) is 20.3 Å². The molecule has 2 fully saturated rings. The summed E-state index contributed by atoms with van der Waals surface area (Å²) in [4.78, 5) is 35.4. The number of aromatic nitrogens is 3. The normalized spacial score (nSPS) is 24.0. The molecule has 0 radical (unpaired) electrons. The first-order valence-electron chi connectivity index (χ1n) is 9.93. The quantitative estimate of drug-likeness (QED) is 0.559. The van der Waals surface area contributed by atoms with E-state index in [9.17, 15) is 15.2 Å². The van der Waals surface area contributed by atoms with Gasteiger partial charge >= 0.3 is 0 Å². The monoisotopic (exact) mass is 460 g/mol. The average Bonchev–Trinajstić information content (AvgIpc) is 3.33. The van der Waals surface area contributed by atoms with Crippen LogP contribution in [0, 0.1) is 11.3 Å². The lowest BCUT2D eigenvalue weighted by atomic mass is 9.74. The van der Waals surface area contributed by atoms with Crippen LogP contribution in [0.15, 0.2) is 23.3 Å². The summed E-state index contributed by atoms with van der Waals surface area (Å²) in [6, 6.07) is 2.09. The van der Waals surface area contributed by atoms with E-state index in [4.69, 9.17) is 14.6 Å². The van der Waals surface area contributed by atoms with Crippen LogP contribution in [-0.2, 0) is 9.53 Å². The molecule has 12 heteroatoms. The molecule has 2 aliphatic rings. The lowest BCUT2D eigenvalue weighted by Gasteiger charge is -2.52. The molecule has 0 aliphatic carbocycles. The van der Waals surface area contributed by atoms with Crippen molar-refractivity contribution in [1.29, 1.82) is 5.26 Å². The topological polar surface area (TPSA) is 162 Å². The van der Waals surface area contributed by atoms with Gasteiger partial charge in [-0.2, -0.15) is 5.26 Å². The van der Waals surface area contributed by atoms with E-state index in [-0.39, 0.29) is 19.0 Å². The number of aliphatic hydroxyl groups is 1. The Hall–Kier alpha value is -3.14. The smallest absolute Gasteiger partial charge is 0.290 e. The molecule has 4 heterocycles. The number of carbonyl (C=O) groups is 2. The van der Waals surface area contributed by atoms with E-state index >= 15 is 0 Å². The number of thiazole rings is 1. The second-order valence-corrected chi connectivity index (χ2v) is 8.58. The van der Waals surface area contributed by atoms with Gasteiger partial charge in [0, 0.05) is 37.3 Å². The number of amides is 1. The van der Waals surface area contributed by atoms with Crippen LogP contribution >= 0.6 is 11.3 Å². The Morgan fingerprint density at radius 2 is 2.06 bits per heavy atom. The molecule has 170 valence electrons. The van der Waals surface area contributed by atoms with Gasteiger partial charge in [0.15, 0.2) is 11.5 Å². The van der Waals surface area contributed by atoms with Crippen molar-refractivity contribution in [3.63, 3.8) is 0 Å². The molecule has 1 amide bonds. The first-order chi connectivity index (χ1) is 15.4. The van der Waals surface area contributed by atoms with Gasteiger partial charge in [0.2, 0.25) is 0 Å². The van der Waals surface area contributed by atoms with Crippen molar-refractivity contribution in [2.24, 2.45) is 0 Å². The number of piperidine rings is 1. The van der Waals surface area contributed by atoms with Crippen LogP contribution < -0.4 is 10.2 Å². The van der Waals surface area contributed by atoms with Crippen molar-refractivity contribution in [2.75, 3.05) is 24.6 Å². The maximum Gasteiger partial charge on any atom is 0.290 e. The van der Waals surface area contributed by atoms with Gasteiger partial charge in [0.1, 0.15) is 17.9 Å². The zero-order chi connectivity index (χ0) is 23.2. The lowest BCUT2D eigenvalue weighted by Crippen LogP contribution is -2.65. The van der Waals surface area contributed by atoms with Crippen LogP contribution in [0.5, 0.6) is 0 Å². The van der Waals surface area contributed by atoms with Gasteiger partial charge in [-0.15, -0.1) is 11.3 Å². The fraction of sp³-hybridized carbons (Fsp3) is 0.500. The predicted octanol–water partition coefficient (Wildman–Crippen LogP) is 0.814. The van der Waals surface area contributed by atoms with Gasteiger partial charge in [-0.3, -0.25) is 9.59 Å². The highest BCUT2D eigenvalue weighted by molar-refractivity contribution is 7.07. The molecule has 2 saturated heterocycles. The molecular weight excluding hydrogens is 436 g/mol. The SMILES string of the molecule is C[C@@]1(NC(=O)c2cscn2)CC2(CCN(c3nccnc3C#N)CC2)OC[C@H]1O.O=CO. The molecule has 0 unspecified atom stereocenters. The summed E-state index contributed by atoms with van der Waals surface area (Å²) in [6.45, 7) is 3.07. The zero-order valence-electron chi connectivity index (χ0n) is 17.5. The molecule has 0 aromatic carbocycles. The molecule has 4 rings (SSSR count). The molecule has 2 atom stereocenters. The number of nitrogens with one attached hydrogen (secondary N) is 1. The van der Waals surface area contributed by atoms with E-state index in [1.807, 2.05) is 11.8 Å². The molecule has 2 aromatic heterocycles. The average molecular weight is 461 g/mol. The number of carboxylic acid groups (broad SMARTS) is 1. The highest BCUT2D eigenvalue weighted by atomic mass is 32.1. The molecular formula is C20H24N6O5S. The fourth-order valence-electron chi connectivity index (χ4n) is 4.14. The van der Waals surface area contributed by atoms with E-state index < -0.39 is 17.2 Å². The third kappa shape index (κ3) is 5.01. The number of hydrogen-bond donors (Lipinski definition) is 3. The van der Waals surface area contributed by atoms with Crippen LogP contribution in [0.1, 0.15) is 42.4 Å². The minimum Gasteiger partial charge on any atom is -0.483 e. The van der Waals surface area contributed by atoms with Crippen molar-refractivity contribution >= 4 is 29.5 Å². The number of aliphatic hydroxyl groups excluding tert-OH is 1. The van der Waals surface area contributed by atoms with E-state index in [1.165, 1.54) is 17.5 Å². The Bertz CT molecular complexity index is 973. The standard InChI is InChI=1S/C19H22N6O3S.CH2O2/c1-18(24-17(27)14-10-29-12-23-14)11-19(28-9-15(18)26)2-6-25(7-3-19)16-13(8-20)21-4-5-22-16;2-1-3/h4-5,10,12,15,26H,2-3,6-7,9,11H2,1H3,(H,24,27);1H,(H,2,3)/t15-,18-;/m1./s1. The number of nitriles is 1. The van der Waals surface area contributed by atoms with E-state index in [0.717, 1.165) is 0 Å². The van der Waals surface area contributed by atoms with Gasteiger partial charge in [-0.05, 0) is 19.8 Å². The molecule has 3 N–H and O–H groups in total. The summed E-state index contributed by atoms with van der Waals surface area (Å²) < 4.78 is 6.08. The number of nitrogens with zero attached hydrogens (tertiary/aromatic N) is 5. The second kappa shape index (κ2) is 9.99. The first kappa shape index (κ1) is 23.5. The van der Waals surface area contributed by atoms with Crippen LogP contribution in [0.3, 0.4) is 0 Å². The highest BCUT2D eigenvalue weighted by Crippen LogP contribution is 2.40. The maximum atomic E-state index is 12.5. The Morgan fingerprint density at radius 1 is 1.38 bits per heavy atom. The number of carbonyl (C=O) groups excluding carboxylic acids is 1. The predicted molar refractivity (Wildman–Crippen MR) is 114 cm³/mol. The molecule has 32 heavy (non-hydrogen) atoms. The van der Waals surface area contributed by atoms with Crippen LogP contribution in [0.25, 0.3) is 0 Å². The van der Waals surface area contributed by atoms with Crippen molar-refractivity contribution in [3.05, 3.63) is 34.7 Å². The van der Waals surface area contributed by atoms with Crippen LogP contribution in [-0.4, -0.2) is 74.5 Å². The van der Waals surface area contributed by atoms with Gasteiger partial charge in [-0.25, -0.2) is 15.0 Å². The second-order valence-electron chi connectivity index (χ2n) is 7.86. The summed E-state index contributed by atoms with van der Waals surface area (Å²) in [7, 11) is 0. The third-order valence-corrected chi connectivity index (χ3v) is 6.38. The summed E-state index contributed by atoms with van der Waals surface area (Å²) in [5.41, 5.74) is 1.01. The Morgan fingerprint density at radius 3 is 2.69 bits per heavy atom. The van der Waals surface area contributed by atoms with Gasteiger partial charge in [-0.1, -0.05) is 0 Å². The fourth-order valence-corrected chi connectivity index (χ4v) is 4.67. The number of anilines is 1. The van der Waals surface area contributed by atoms with Crippen molar-refractivity contribution in [3.8, 4) is 6.07 Å². The summed E-state index contributed by atoms with van der Waals surface area (Å²) in [5.74, 6) is 0.292. The number of hydrogen-bond acceptors (Lipinski definition) is 10. The maximum absolute atomic E-state index is 12.5. The molecule has 0 saturated carbocycles. The molecule has 2 aromatic rings. The zero-order valence-corrected chi connectivity index (χ0v) is 18.3. The Balaban J connectivity index is 0.000000913. The molecule has 2 aliphatic heterocycles. The summed E-state index contributed by atoms with van der Waals surface area (Å²) in [6.07, 6.45) is 4.18. The minimum atomic E-state index is -0.814. The Labute approximate surface area is 188 Å². The van der Waals surface area contributed by atoms with Crippen LogP contribution in [0.4, 0.5) is 5.82 Å². The largest absolute Gasteiger partial charge is 0.483 e. The first-order valence-corrected chi connectivity index (χ1v) is 10.9. The van der Waals surface area contributed by atoms with Crippen molar-refractivity contribution in [2.45, 2.75) is 43.4 Å². The lowest BCUT2D eigenvalue weighted by molar-refractivity contribution is -0.167. The Kier molecular flexibility index (Phi) is 7.34. The minimum absolute atomic E-state index is 0.155. The molecule has 1 spiro atoms. The van der Waals surface area contributed by atoms with E-state index in [2.05, 4.69) is 26.3 Å². The third-order valence-electron chi connectivity index (χ3n) is 5.80. The molecule has 0 bridgehead atoms. The number of rotatable bonds is 3. The van der Waals surface area contributed by atoms with Crippen molar-refractivity contribution < 1.29 is 24.5 Å². The van der Waals surface area contributed by atoms with Gasteiger partial charge in [0.25, 0.3) is 12.4 Å². The van der Waals surface area contributed by atoms with Gasteiger partial charge < -0.3 is 25.2 Å². The van der Waals surface area contributed by atoms with Gasteiger partial charge in [0.05, 0.1) is 23.3 Å². The molecule has 11 nitrogen and oxygen atoms in total. The van der Waals surface area contributed by atoms with E-state index in [1.54, 1.807) is 17.1 Å². The number of ether oxygens (including phenoxy) is 1. The van der Waals surface area contributed by atoms with E-state index in [0.29, 0.717) is 49.6 Å². The summed E-state index contributed by atoms with van der Waals surface area (Å²) >= 11 is 1.35. The highest BCUT2D eigenvalue weighted by Gasteiger charge is 2.50. The summed E-state index contributed by atoms with van der Waals surface area (Å²) in [5, 5.41) is 31.4.